The first-order chi connectivity index (χ1) is 9.45. The number of carbonyl (C=O) groups excluding carboxylic acids is 1. The molecule has 1 aromatic rings. The number of ketones is 1. The Hall–Kier alpha value is -1.70. The lowest BCUT2D eigenvalue weighted by molar-refractivity contribution is -0.114. The van der Waals surface area contributed by atoms with Crippen LogP contribution in [0.15, 0.2) is 35.5 Å². The van der Waals surface area contributed by atoms with Gasteiger partial charge in [-0.15, -0.1) is 0 Å². The molecule has 0 bridgehead atoms. The van der Waals surface area contributed by atoms with Gasteiger partial charge in [0.05, 0.1) is 11.1 Å². The van der Waals surface area contributed by atoms with E-state index in [9.17, 15) is 10.1 Å². The fourth-order valence-electron chi connectivity index (χ4n) is 2.53. The fraction of sp³-hybridized carbons (Fsp3) is 0.267. The van der Waals surface area contributed by atoms with Gasteiger partial charge in [0, 0.05) is 22.2 Å². The van der Waals surface area contributed by atoms with Gasteiger partial charge in [-0.05, 0) is 31.5 Å². The molecule has 0 spiro atoms. The zero-order chi connectivity index (χ0) is 14.9. The highest BCUT2D eigenvalue weighted by atomic mass is 35.5. The van der Waals surface area contributed by atoms with E-state index < -0.39 is 5.92 Å². The number of nitrogens with one attached hydrogen (secondary N) is 1. The summed E-state index contributed by atoms with van der Waals surface area (Å²) in [7, 11) is 0. The molecule has 102 valence electrons. The average molecular weight is 305 g/mol. The van der Waals surface area contributed by atoms with Crippen molar-refractivity contribution in [1.82, 2.24) is 5.32 Å². The number of Topliss-reactive ketones (excluding diaryl/α,β-unsaturated/α-hetero) is 1. The molecule has 3 nitrogen and oxygen atoms in total. The Morgan fingerprint density at radius 2 is 2.00 bits per heavy atom. The molecule has 5 heteroatoms. The summed E-state index contributed by atoms with van der Waals surface area (Å²) in [5.41, 5.74) is 2.19. The zero-order valence-electron chi connectivity index (χ0n) is 11.1. The number of allylic oxidation sites excluding steroid dienone is 2. The molecule has 1 aliphatic heterocycles. The number of benzene rings is 1. The van der Waals surface area contributed by atoms with Crippen LogP contribution < -0.4 is 5.32 Å². The van der Waals surface area contributed by atoms with Gasteiger partial charge in [-0.3, -0.25) is 4.79 Å². The Morgan fingerprint density at radius 1 is 1.40 bits per heavy atom. The summed E-state index contributed by atoms with van der Waals surface area (Å²) < 4.78 is 0. The molecule has 2 atom stereocenters. The van der Waals surface area contributed by atoms with Crippen LogP contribution in [0.3, 0.4) is 0 Å². The van der Waals surface area contributed by atoms with Gasteiger partial charge in [0.2, 0.25) is 0 Å². The van der Waals surface area contributed by atoms with E-state index in [0.29, 0.717) is 21.3 Å². The highest BCUT2D eigenvalue weighted by molar-refractivity contribution is 7.80. The third-order valence-corrected chi connectivity index (χ3v) is 4.00. The Labute approximate surface area is 128 Å². The number of thiocarbonyl (C=S) groups is 1. The van der Waals surface area contributed by atoms with E-state index in [1.807, 2.05) is 12.1 Å². The van der Waals surface area contributed by atoms with Gasteiger partial charge in [0.15, 0.2) is 5.78 Å². The van der Waals surface area contributed by atoms with E-state index in [-0.39, 0.29) is 11.7 Å². The number of nitriles is 1. The maximum atomic E-state index is 12.0. The largest absolute Gasteiger partial charge is 0.352 e. The first-order valence-corrected chi connectivity index (χ1v) is 6.92. The van der Waals surface area contributed by atoms with Gasteiger partial charge in [0.25, 0.3) is 0 Å². The van der Waals surface area contributed by atoms with Crippen LogP contribution in [0.2, 0.25) is 5.02 Å². The first kappa shape index (κ1) is 14.7. The average Bonchev–Trinajstić information content (AvgIpc) is 2.38. The highest BCUT2D eigenvalue weighted by Gasteiger charge is 2.37. The molecule has 1 N–H and O–H groups in total. The summed E-state index contributed by atoms with van der Waals surface area (Å²) in [4.78, 5) is 12.4. The Balaban J connectivity index is 2.61. The van der Waals surface area contributed by atoms with Crippen molar-refractivity contribution >= 4 is 34.6 Å². The van der Waals surface area contributed by atoms with Crippen molar-refractivity contribution < 1.29 is 4.79 Å². The van der Waals surface area contributed by atoms with E-state index in [0.717, 1.165) is 5.56 Å². The SMILES string of the molecule is CC(=O)C1=C(C)NC(=S)[C@@H](C#N)[C@@H]1c1ccc(Cl)cc1. The Kier molecular flexibility index (Phi) is 4.22. The minimum Gasteiger partial charge on any atom is -0.352 e. The summed E-state index contributed by atoms with van der Waals surface area (Å²) in [6, 6.07) is 9.38. The topological polar surface area (TPSA) is 52.9 Å². The molecule has 1 aromatic carbocycles. The van der Waals surface area contributed by atoms with Crippen LogP contribution in [0, 0.1) is 17.2 Å². The number of halogens is 1. The van der Waals surface area contributed by atoms with Crippen molar-refractivity contribution in [2.75, 3.05) is 0 Å². The molecule has 0 fully saturated rings. The summed E-state index contributed by atoms with van der Waals surface area (Å²) in [6.07, 6.45) is 0. The number of nitrogens with zero attached hydrogens (tertiary/aromatic N) is 1. The van der Waals surface area contributed by atoms with Gasteiger partial charge in [0.1, 0.15) is 5.92 Å². The molecule has 0 saturated heterocycles. The fourth-order valence-corrected chi connectivity index (χ4v) is 2.99. The van der Waals surface area contributed by atoms with Gasteiger partial charge in [-0.25, -0.2) is 0 Å². The second-order valence-corrected chi connectivity index (χ2v) is 5.60. The monoisotopic (exact) mass is 304 g/mol. The smallest absolute Gasteiger partial charge is 0.158 e. The predicted molar refractivity (Wildman–Crippen MR) is 82.4 cm³/mol. The summed E-state index contributed by atoms with van der Waals surface area (Å²) in [5, 5.41) is 13.0. The van der Waals surface area contributed by atoms with Crippen LogP contribution in [0.1, 0.15) is 25.3 Å². The second kappa shape index (κ2) is 5.74. The van der Waals surface area contributed by atoms with Crippen LogP contribution >= 0.6 is 23.8 Å². The molecule has 0 saturated carbocycles. The molecule has 2 rings (SSSR count). The minimum atomic E-state index is -0.547. The van der Waals surface area contributed by atoms with E-state index in [1.54, 1.807) is 19.1 Å². The highest BCUT2D eigenvalue weighted by Crippen LogP contribution is 2.37. The van der Waals surface area contributed by atoms with Gasteiger partial charge in [-0.1, -0.05) is 36.0 Å². The maximum absolute atomic E-state index is 12.0. The zero-order valence-corrected chi connectivity index (χ0v) is 12.7. The second-order valence-electron chi connectivity index (χ2n) is 4.72. The summed E-state index contributed by atoms with van der Waals surface area (Å²) in [6.45, 7) is 3.31. The van der Waals surface area contributed by atoms with Crippen LogP contribution in [0.4, 0.5) is 0 Å². The van der Waals surface area contributed by atoms with Gasteiger partial charge < -0.3 is 5.32 Å². The lowest BCUT2D eigenvalue weighted by Crippen LogP contribution is -2.39. The van der Waals surface area contributed by atoms with Gasteiger partial charge in [-0.2, -0.15) is 5.26 Å². The standard InChI is InChI=1S/C15H13ClN2OS/c1-8-13(9(2)19)14(12(7-17)15(20)18-8)10-3-5-11(16)6-4-10/h3-6,12,14H,1-2H3,(H,18,20)/t12-,14-/m0/s1. The Bertz CT molecular complexity index is 643. The number of hydrogen-bond acceptors (Lipinski definition) is 3. The van der Waals surface area contributed by atoms with E-state index in [4.69, 9.17) is 23.8 Å². The quantitative estimate of drug-likeness (QED) is 0.851. The van der Waals surface area contributed by atoms with Crippen molar-refractivity contribution in [2.24, 2.45) is 5.92 Å². The molecule has 20 heavy (non-hydrogen) atoms. The lowest BCUT2D eigenvalue weighted by Gasteiger charge is -2.32. The number of carbonyl (C=O) groups is 1. The van der Waals surface area contributed by atoms with Crippen molar-refractivity contribution in [3.63, 3.8) is 0 Å². The van der Waals surface area contributed by atoms with Crippen LogP contribution in [-0.2, 0) is 4.79 Å². The molecule has 0 amide bonds. The summed E-state index contributed by atoms with van der Waals surface area (Å²) in [5.74, 6) is -0.949. The van der Waals surface area contributed by atoms with Crippen LogP contribution in [-0.4, -0.2) is 10.8 Å². The third-order valence-electron chi connectivity index (χ3n) is 3.39. The minimum absolute atomic E-state index is 0.0577. The number of rotatable bonds is 2. The van der Waals surface area contributed by atoms with Crippen molar-refractivity contribution in [3.8, 4) is 6.07 Å². The van der Waals surface area contributed by atoms with Gasteiger partial charge >= 0.3 is 0 Å². The molecular formula is C15H13ClN2OS. The van der Waals surface area contributed by atoms with Crippen LogP contribution in [0.5, 0.6) is 0 Å². The van der Waals surface area contributed by atoms with E-state index in [1.165, 1.54) is 6.92 Å². The molecule has 0 aliphatic carbocycles. The predicted octanol–water partition coefficient (Wildman–Crippen LogP) is 3.36. The molecule has 1 aliphatic rings. The molecule has 0 radical (unpaired) electrons. The third kappa shape index (κ3) is 2.60. The van der Waals surface area contributed by atoms with Crippen molar-refractivity contribution in [1.29, 1.82) is 5.26 Å². The van der Waals surface area contributed by atoms with E-state index >= 15 is 0 Å². The van der Waals surface area contributed by atoms with E-state index in [2.05, 4.69) is 11.4 Å². The number of hydrogen-bond donors (Lipinski definition) is 1. The molecule has 0 unspecified atom stereocenters. The molecule has 0 aromatic heterocycles. The first-order valence-electron chi connectivity index (χ1n) is 6.13. The lowest BCUT2D eigenvalue weighted by atomic mass is 9.76. The van der Waals surface area contributed by atoms with Crippen molar-refractivity contribution in [3.05, 3.63) is 46.1 Å². The Morgan fingerprint density at radius 3 is 2.50 bits per heavy atom. The molecule has 1 heterocycles. The molecular weight excluding hydrogens is 292 g/mol. The summed E-state index contributed by atoms with van der Waals surface area (Å²) >= 11 is 11.1. The van der Waals surface area contributed by atoms with Crippen LogP contribution in [0.25, 0.3) is 0 Å². The maximum Gasteiger partial charge on any atom is 0.158 e. The van der Waals surface area contributed by atoms with Crippen molar-refractivity contribution in [2.45, 2.75) is 19.8 Å². The normalized spacial score (nSPS) is 22.2.